The van der Waals surface area contributed by atoms with Crippen molar-refractivity contribution in [2.75, 3.05) is 0 Å². The Kier molecular flexibility index (Phi) is 2.22. The molecule has 1 heterocycles. The van der Waals surface area contributed by atoms with E-state index in [0.29, 0.717) is 5.25 Å². The number of H-pyrrole nitrogens is 1. The summed E-state index contributed by atoms with van der Waals surface area (Å²) < 4.78 is 0. The average molecular weight is 141 g/mol. The Bertz CT molecular complexity index is 157. The average Bonchev–Trinajstić information content (AvgIpc) is 2.37. The minimum atomic E-state index is 0.375. The molecular weight excluding hydrogens is 130 g/mol. The molecule has 2 heteroatoms. The lowest BCUT2D eigenvalue weighted by molar-refractivity contribution is 0.874. The van der Waals surface area contributed by atoms with Crippen LogP contribution in [0, 0.1) is 0 Å². The third-order valence-electron chi connectivity index (χ3n) is 1.37. The van der Waals surface area contributed by atoms with Crippen LogP contribution in [0.5, 0.6) is 0 Å². The molecule has 1 N–H and O–H groups in total. The van der Waals surface area contributed by atoms with Gasteiger partial charge >= 0.3 is 0 Å². The predicted molar refractivity (Wildman–Crippen MR) is 42.8 cm³/mol. The van der Waals surface area contributed by atoms with Crippen LogP contribution < -0.4 is 0 Å². The van der Waals surface area contributed by atoms with E-state index in [1.807, 2.05) is 12.3 Å². The zero-order valence-electron chi connectivity index (χ0n) is 5.46. The van der Waals surface area contributed by atoms with Crippen LogP contribution in [0.15, 0.2) is 18.3 Å². The van der Waals surface area contributed by atoms with E-state index in [9.17, 15) is 0 Å². The molecule has 1 rings (SSSR count). The zero-order chi connectivity index (χ0) is 6.69. The highest BCUT2D eigenvalue weighted by atomic mass is 32.1. The maximum Gasteiger partial charge on any atom is 0.0415 e. The van der Waals surface area contributed by atoms with Gasteiger partial charge in [0.1, 0.15) is 0 Å². The quantitative estimate of drug-likeness (QED) is 0.588. The molecule has 1 nitrogen and oxygen atoms in total. The maximum atomic E-state index is 4.35. The van der Waals surface area contributed by atoms with Crippen LogP contribution in [-0.2, 0) is 0 Å². The minimum Gasteiger partial charge on any atom is -0.364 e. The first kappa shape index (κ1) is 6.75. The highest BCUT2D eigenvalue weighted by Gasteiger charge is 2.01. The Balaban J connectivity index is 2.65. The van der Waals surface area contributed by atoms with Gasteiger partial charge in [0.05, 0.1) is 0 Å². The smallest absolute Gasteiger partial charge is 0.0415 e. The van der Waals surface area contributed by atoms with Crippen molar-refractivity contribution in [3.05, 3.63) is 24.0 Å². The van der Waals surface area contributed by atoms with Gasteiger partial charge in [0.2, 0.25) is 0 Å². The molecule has 0 fully saturated rings. The van der Waals surface area contributed by atoms with E-state index < -0.39 is 0 Å². The number of hydrogen-bond acceptors (Lipinski definition) is 1. The third kappa shape index (κ3) is 1.52. The Morgan fingerprint density at radius 2 is 2.56 bits per heavy atom. The molecule has 0 saturated carbocycles. The topological polar surface area (TPSA) is 15.8 Å². The first-order valence-corrected chi connectivity index (χ1v) is 3.67. The molecule has 50 valence electrons. The monoisotopic (exact) mass is 141 g/mol. The summed E-state index contributed by atoms with van der Waals surface area (Å²) in [5.41, 5.74) is 1.21. The van der Waals surface area contributed by atoms with Gasteiger partial charge in [0.15, 0.2) is 0 Å². The van der Waals surface area contributed by atoms with Gasteiger partial charge in [0.25, 0.3) is 0 Å². The lowest BCUT2D eigenvalue weighted by Crippen LogP contribution is -1.86. The summed E-state index contributed by atoms with van der Waals surface area (Å²) in [6.07, 6.45) is 3.00. The van der Waals surface area contributed by atoms with Crippen molar-refractivity contribution in [1.82, 2.24) is 4.98 Å². The molecule has 0 aromatic carbocycles. The van der Waals surface area contributed by atoms with Crippen LogP contribution in [-0.4, -0.2) is 4.98 Å². The van der Waals surface area contributed by atoms with Crippen molar-refractivity contribution < 1.29 is 0 Å². The van der Waals surface area contributed by atoms with E-state index in [-0.39, 0.29) is 0 Å². The molecule has 0 aliphatic heterocycles. The van der Waals surface area contributed by atoms with Crippen molar-refractivity contribution in [2.24, 2.45) is 0 Å². The second kappa shape index (κ2) is 2.97. The van der Waals surface area contributed by atoms with E-state index in [1.54, 1.807) is 0 Å². The fourth-order valence-electron chi connectivity index (χ4n) is 0.771. The number of hydrogen-bond donors (Lipinski definition) is 2. The Hall–Kier alpha value is -0.370. The Labute approximate surface area is 60.9 Å². The highest BCUT2D eigenvalue weighted by Crippen LogP contribution is 2.20. The van der Waals surface area contributed by atoms with Crippen molar-refractivity contribution in [2.45, 2.75) is 18.6 Å². The fraction of sp³-hybridized carbons (Fsp3) is 0.429. The van der Waals surface area contributed by atoms with E-state index in [1.165, 1.54) is 5.69 Å². The van der Waals surface area contributed by atoms with Gasteiger partial charge in [0, 0.05) is 17.1 Å². The normalized spacial score (nSPS) is 13.6. The highest BCUT2D eigenvalue weighted by molar-refractivity contribution is 7.80. The van der Waals surface area contributed by atoms with Gasteiger partial charge in [-0.3, -0.25) is 0 Å². The molecule has 0 bridgehead atoms. The summed E-state index contributed by atoms with van der Waals surface area (Å²) in [5, 5.41) is 0.375. The van der Waals surface area contributed by atoms with Crippen LogP contribution in [0.4, 0.5) is 0 Å². The molecule has 0 amide bonds. The predicted octanol–water partition coefficient (Wildman–Crippen LogP) is 2.40. The van der Waals surface area contributed by atoms with Crippen LogP contribution in [0.2, 0.25) is 0 Å². The summed E-state index contributed by atoms with van der Waals surface area (Å²) >= 11 is 4.35. The lowest BCUT2D eigenvalue weighted by atomic mass is 10.2. The SMILES string of the molecule is CCC(S)c1ccc[nH]1. The summed E-state index contributed by atoms with van der Waals surface area (Å²) in [4.78, 5) is 3.11. The molecule has 1 aromatic rings. The van der Waals surface area contributed by atoms with E-state index in [0.717, 1.165) is 6.42 Å². The number of aromatic nitrogens is 1. The molecule has 1 atom stereocenters. The molecule has 9 heavy (non-hydrogen) atoms. The number of thiol groups is 1. The molecule has 0 saturated heterocycles. The van der Waals surface area contributed by atoms with Crippen molar-refractivity contribution >= 4 is 12.6 Å². The van der Waals surface area contributed by atoms with Gasteiger partial charge in [-0.2, -0.15) is 12.6 Å². The summed E-state index contributed by atoms with van der Waals surface area (Å²) in [6.45, 7) is 2.12. The zero-order valence-corrected chi connectivity index (χ0v) is 6.36. The number of rotatable bonds is 2. The molecule has 1 unspecified atom stereocenters. The lowest BCUT2D eigenvalue weighted by Gasteiger charge is -2.02. The largest absolute Gasteiger partial charge is 0.364 e. The Morgan fingerprint density at radius 1 is 1.78 bits per heavy atom. The summed E-state index contributed by atoms with van der Waals surface area (Å²) in [5.74, 6) is 0. The van der Waals surface area contributed by atoms with Gasteiger partial charge in [-0.05, 0) is 18.6 Å². The van der Waals surface area contributed by atoms with Gasteiger partial charge < -0.3 is 4.98 Å². The van der Waals surface area contributed by atoms with Crippen LogP contribution >= 0.6 is 12.6 Å². The van der Waals surface area contributed by atoms with Gasteiger partial charge in [-0.15, -0.1) is 0 Å². The number of aromatic amines is 1. The Morgan fingerprint density at radius 3 is 3.00 bits per heavy atom. The molecule has 0 aliphatic carbocycles. The fourth-order valence-corrected chi connectivity index (χ4v) is 0.932. The molecule has 0 spiro atoms. The molecule has 0 aliphatic rings. The van der Waals surface area contributed by atoms with Crippen LogP contribution in [0.3, 0.4) is 0 Å². The van der Waals surface area contributed by atoms with Gasteiger partial charge in [-0.25, -0.2) is 0 Å². The third-order valence-corrected chi connectivity index (χ3v) is 2.01. The van der Waals surface area contributed by atoms with Crippen molar-refractivity contribution in [3.63, 3.8) is 0 Å². The second-order valence-electron chi connectivity index (χ2n) is 2.05. The summed E-state index contributed by atoms with van der Waals surface area (Å²) in [7, 11) is 0. The van der Waals surface area contributed by atoms with Crippen molar-refractivity contribution in [1.29, 1.82) is 0 Å². The summed E-state index contributed by atoms with van der Waals surface area (Å²) in [6, 6.07) is 4.05. The van der Waals surface area contributed by atoms with Crippen molar-refractivity contribution in [3.8, 4) is 0 Å². The molecule has 1 aromatic heterocycles. The first-order valence-electron chi connectivity index (χ1n) is 3.16. The first-order chi connectivity index (χ1) is 4.34. The maximum absolute atomic E-state index is 4.35. The van der Waals surface area contributed by atoms with Crippen LogP contribution in [0.1, 0.15) is 24.3 Å². The van der Waals surface area contributed by atoms with E-state index in [4.69, 9.17) is 0 Å². The standard InChI is InChI=1S/C7H11NS/c1-2-7(9)6-4-3-5-8-6/h3-5,7-9H,2H2,1H3. The van der Waals surface area contributed by atoms with E-state index >= 15 is 0 Å². The van der Waals surface area contributed by atoms with E-state index in [2.05, 4.69) is 30.6 Å². The van der Waals surface area contributed by atoms with Gasteiger partial charge in [-0.1, -0.05) is 6.92 Å². The minimum absolute atomic E-state index is 0.375. The van der Waals surface area contributed by atoms with Crippen LogP contribution in [0.25, 0.3) is 0 Å². The molecular formula is C7H11NS. The second-order valence-corrected chi connectivity index (χ2v) is 2.67. The number of nitrogens with one attached hydrogen (secondary N) is 1. The molecule has 0 radical (unpaired) electrons.